The second-order valence-corrected chi connectivity index (χ2v) is 6.10. The van der Waals surface area contributed by atoms with Crippen LogP contribution in [0.1, 0.15) is 0 Å². The first-order valence-electron chi connectivity index (χ1n) is 7.75. The zero-order valence-electron chi connectivity index (χ0n) is 14.1. The van der Waals surface area contributed by atoms with Gasteiger partial charge in [-0.2, -0.15) is 0 Å². The Morgan fingerprint density at radius 3 is 2.28 bits per heavy atom. The number of nitrogens with one attached hydrogen (secondary N) is 3. The SMILES string of the molecule is CN=C(NCCSc1ccccc1)NCC(=O)Nc1ccccc1.I. The molecular formula is C18H23IN4OS. The van der Waals surface area contributed by atoms with Crippen molar-refractivity contribution in [3.8, 4) is 0 Å². The molecule has 0 spiro atoms. The van der Waals surface area contributed by atoms with E-state index in [0.717, 1.165) is 18.0 Å². The van der Waals surface area contributed by atoms with Crippen LogP contribution in [-0.2, 0) is 4.79 Å². The maximum atomic E-state index is 11.9. The van der Waals surface area contributed by atoms with Crippen LogP contribution in [0.15, 0.2) is 70.6 Å². The number of guanidine groups is 1. The van der Waals surface area contributed by atoms with Crippen molar-refractivity contribution < 1.29 is 4.79 Å². The summed E-state index contributed by atoms with van der Waals surface area (Å²) in [5.41, 5.74) is 0.784. The summed E-state index contributed by atoms with van der Waals surface area (Å²) in [6.07, 6.45) is 0. The number of carbonyl (C=O) groups is 1. The maximum absolute atomic E-state index is 11.9. The van der Waals surface area contributed by atoms with Crippen LogP contribution in [0.4, 0.5) is 5.69 Å². The van der Waals surface area contributed by atoms with Crippen molar-refractivity contribution in [3.05, 3.63) is 60.7 Å². The fraction of sp³-hybridized carbons (Fsp3) is 0.222. The van der Waals surface area contributed by atoms with Crippen molar-refractivity contribution in [1.29, 1.82) is 0 Å². The topological polar surface area (TPSA) is 65.5 Å². The van der Waals surface area contributed by atoms with Gasteiger partial charge in [-0.1, -0.05) is 36.4 Å². The molecule has 0 radical (unpaired) electrons. The fourth-order valence-corrected chi connectivity index (χ4v) is 2.76. The molecule has 0 aliphatic carbocycles. The number of thioether (sulfide) groups is 1. The second-order valence-electron chi connectivity index (χ2n) is 4.93. The lowest BCUT2D eigenvalue weighted by Crippen LogP contribution is -2.42. The first-order chi connectivity index (χ1) is 11.8. The van der Waals surface area contributed by atoms with Crippen molar-refractivity contribution in [2.45, 2.75) is 4.90 Å². The van der Waals surface area contributed by atoms with Gasteiger partial charge in [-0.3, -0.25) is 9.79 Å². The Labute approximate surface area is 170 Å². The van der Waals surface area contributed by atoms with E-state index in [1.54, 1.807) is 18.8 Å². The van der Waals surface area contributed by atoms with E-state index < -0.39 is 0 Å². The van der Waals surface area contributed by atoms with E-state index in [1.807, 2.05) is 48.5 Å². The number of hydrogen-bond donors (Lipinski definition) is 3. The average Bonchev–Trinajstić information content (AvgIpc) is 2.63. The van der Waals surface area contributed by atoms with E-state index in [2.05, 4.69) is 33.1 Å². The molecule has 0 aromatic heterocycles. The number of halogens is 1. The molecular weight excluding hydrogens is 447 g/mol. The molecule has 1 amide bonds. The molecule has 0 aliphatic rings. The molecule has 0 bridgehead atoms. The molecule has 2 rings (SSSR count). The van der Waals surface area contributed by atoms with Gasteiger partial charge >= 0.3 is 0 Å². The normalized spacial score (nSPS) is 10.5. The monoisotopic (exact) mass is 470 g/mol. The highest BCUT2D eigenvalue weighted by molar-refractivity contribution is 14.0. The molecule has 5 nitrogen and oxygen atoms in total. The first kappa shape index (κ1) is 21.3. The minimum atomic E-state index is -0.109. The lowest BCUT2D eigenvalue weighted by molar-refractivity contribution is -0.115. The first-order valence-corrected chi connectivity index (χ1v) is 8.74. The van der Waals surface area contributed by atoms with Gasteiger partial charge in [0.15, 0.2) is 5.96 Å². The Morgan fingerprint density at radius 2 is 1.64 bits per heavy atom. The molecule has 0 aliphatic heterocycles. The second kappa shape index (κ2) is 12.6. The minimum Gasteiger partial charge on any atom is -0.356 e. The molecule has 0 fully saturated rings. The van der Waals surface area contributed by atoms with Gasteiger partial charge in [0.05, 0.1) is 6.54 Å². The maximum Gasteiger partial charge on any atom is 0.243 e. The molecule has 0 unspecified atom stereocenters. The number of carbonyl (C=O) groups excluding carboxylic acids is 1. The van der Waals surface area contributed by atoms with Crippen molar-refractivity contribution in [1.82, 2.24) is 10.6 Å². The number of para-hydroxylation sites is 1. The highest BCUT2D eigenvalue weighted by Gasteiger charge is 2.04. The summed E-state index contributed by atoms with van der Waals surface area (Å²) in [6, 6.07) is 19.6. The highest BCUT2D eigenvalue weighted by atomic mass is 127. The summed E-state index contributed by atoms with van der Waals surface area (Å²) in [4.78, 5) is 17.2. The van der Waals surface area contributed by atoms with E-state index in [1.165, 1.54) is 4.90 Å². The molecule has 2 aromatic rings. The van der Waals surface area contributed by atoms with Crippen LogP contribution in [0.3, 0.4) is 0 Å². The van der Waals surface area contributed by atoms with Crippen molar-refractivity contribution in [2.75, 3.05) is 31.2 Å². The standard InChI is InChI=1S/C18H22N4OS.HI/c1-19-18(20-12-13-24-16-10-6-3-7-11-16)21-14-17(23)22-15-8-4-2-5-9-15;/h2-11H,12-14H2,1H3,(H,22,23)(H2,19,20,21);1H. The third-order valence-electron chi connectivity index (χ3n) is 3.10. The third kappa shape index (κ3) is 8.78. The van der Waals surface area contributed by atoms with Crippen molar-refractivity contribution >= 4 is 53.3 Å². The van der Waals surface area contributed by atoms with E-state index in [0.29, 0.717) is 5.96 Å². The number of nitrogens with zero attached hydrogens (tertiary/aromatic N) is 1. The number of benzene rings is 2. The largest absolute Gasteiger partial charge is 0.356 e. The summed E-state index contributed by atoms with van der Waals surface area (Å²) in [6.45, 7) is 0.930. The minimum absolute atomic E-state index is 0. The molecule has 2 aromatic carbocycles. The van der Waals surface area contributed by atoms with E-state index in [9.17, 15) is 4.79 Å². The summed E-state index contributed by atoms with van der Waals surface area (Å²) in [7, 11) is 1.69. The Kier molecular flexibility index (Phi) is 10.7. The van der Waals surface area contributed by atoms with Crippen LogP contribution in [0, 0.1) is 0 Å². The lowest BCUT2D eigenvalue weighted by atomic mass is 10.3. The molecule has 0 saturated carbocycles. The van der Waals surface area contributed by atoms with Crippen LogP contribution >= 0.6 is 35.7 Å². The predicted octanol–water partition coefficient (Wildman–Crippen LogP) is 3.20. The van der Waals surface area contributed by atoms with Gasteiger partial charge in [0.1, 0.15) is 0 Å². The van der Waals surface area contributed by atoms with Crippen LogP contribution in [0.2, 0.25) is 0 Å². The Balaban J connectivity index is 0.00000312. The van der Waals surface area contributed by atoms with Gasteiger partial charge in [0.25, 0.3) is 0 Å². The summed E-state index contributed by atoms with van der Waals surface area (Å²) >= 11 is 1.77. The predicted molar refractivity (Wildman–Crippen MR) is 117 cm³/mol. The molecule has 7 heteroatoms. The Hall–Kier alpha value is -1.74. The fourth-order valence-electron chi connectivity index (χ4n) is 1.97. The Bertz CT molecular complexity index is 653. The van der Waals surface area contributed by atoms with Gasteiger partial charge < -0.3 is 16.0 Å². The number of anilines is 1. The summed E-state index contributed by atoms with van der Waals surface area (Å²) in [5.74, 6) is 1.43. The lowest BCUT2D eigenvalue weighted by Gasteiger charge is -2.12. The molecule has 134 valence electrons. The number of aliphatic imine (C=N–C) groups is 1. The van der Waals surface area contributed by atoms with E-state index >= 15 is 0 Å². The van der Waals surface area contributed by atoms with Gasteiger partial charge in [0.2, 0.25) is 5.91 Å². The number of hydrogen-bond acceptors (Lipinski definition) is 3. The number of rotatable bonds is 7. The molecule has 3 N–H and O–H groups in total. The highest BCUT2D eigenvalue weighted by Crippen LogP contribution is 2.15. The van der Waals surface area contributed by atoms with Crippen LogP contribution in [0.5, 0.6) is 0 Å². The van der Waals surface area contributed by atoms with Gasteiger partial charge in [-0.25, -0.2) is 0 Å². The smallest absolute Gasteiger partial charge is 0.243 e. The van der Waals surface area contributed by atoms with Gasteiger partial charge in [-0.15, -0.1) is 35.7 Å². The zero-order chi connectivity index (χ0) is 17.0. The molecule has 0 heterocycles. The van der Waals surface area contributed by atoms with Crippen molar-refractivity contribution in [2.24, 2.45) is 4.99 Å². The number of amides is 1. The third-order valence-corrected chi connectivity index (χ3v) is 4.12. The van der Waals surface area contributed by atoms with Crippen LogP contribution < -0.4 is 16.0 Å². The average molecular weight is 470 g/mol. The van der Waals surface area contributed by atoms with Gasteiger partial charge in [-0.05, 0) is 24.3 Å². The zero-order valence-corrected chi connectivity index (χ0v) is 17.2. The molecule has 25 heavy (non-hydrogen) atoms. The summed E-state index contributed by atoms with van der Waals surface area (Å²) < 4.78 is 0. The quantitative estimate of drug-likeness (QED) is 0.191. The van der Waals surface area contributed by atoms with Crippen LogP contribution in [0.25, 0.3) is 0 Å². The molecule has 0 atom stereocenters. The van der Waals surface area contributed by atoms with E-state index in [-0.39, 0.29) is 36.4 Å². The Morgan fingerprint density at radius 1 is 1.00 bits per heavy atom. The van der Waals surface area contributed by atoms with E-state index in [4.69, 9.17) is 0 Å². The van der Waals surface area contributed by atoms with Gasteiger partial charge in [0, 0.05) is 29.9 Å². The summed E-state index contributed by atoms with van der Waals surface area (Å²) in [5, 5.41) is 9.02. The van der Waals surface area contributed by atoms with Crippen LogP contribution in [-0.4, -0.2) is 37.8 Å². The molecule has 0 saturated heterocycles. The van der Waals surface area contributed by atoms with Crippen molar-refractivity contribution in [3.63, 3.8) is 0 Å².